The molecule has 0 aliphatic carbocycles. The van der Waals surface area contributed by atoms with Crippen LogP contribution in [0.25, 0.3) is 6.08 Å². The largest absolute Gasteiger partial charge is 0.489 e. The highest BCUT2D eigenvalue weighted by Crippen LogP contribution is 2.22. The van der Waals surface area contributed by atoms with Crippen LogP contribution in [0.15, 0.2) is 89.6 Å². The normalized spacial score (nSPS) is 14.7. The fourth-order valence-corrected chi connectivity index (χ4v) is 2.71. The summed E-state index contributed by atoms with van der Waals surface area (Å²) in [5, 5.41) is 0. The number of rotatable bonds is 5. The second-order valence-corrected chi connectivity index (χ2v) is 6.19. The number of hydrogen-bond acceptors (Lipinski definition) is 4. The Bertz CT molecular complexity index is 1060. The van der Waals surface area contributed by atoms with Gasteiger partial charge in [-0.25, -0.2) is 14.2 Å². The first kappa shape index (κ1) is 17.7. The molecular formula is C23H16FNO3. The number of benzene rings is 3. The van der Waals surface area contributed by atoms with Crippen molar-refractivity contribution in [2.75, 3.05) is 0 Å². The van der Waals surface area contributed by atoms with Crippen molar-refractivity contribution in [3.05, 3.63) is 107 Å². The molecule has 138 valence electrons. The summed E-state index contributed by atoms with van der Waals surface area (Å²) in [6, 6.07) is 22.7. The van der Waals surface area contributed by atoms with Gasteiger partial charge in [-0.1, -0.05) is 42.5 Å². The fraction of sp³-hybridized carbons (Fsp3) is 0.0435. The van der Waals surface area contributed by atoms with E-state index in [9.17, 15) is 9.18 Å². The molecular weight excluding hydrogens is 357 g/mol. The number of halogens is 1. The molecule has 0 atom stereocenters. The van der Waals surface area contributed by atoms with Crippen molar-refractivity contribution in [3.8, 4) is 5.75 Å². The Hall–Kier alpha value is -3.73. The van der Waals surface area contributed by atoms with Gasteiger partial charge >= 0.3 is 5.97 Å². The van der Waals surface area contributed by atoms with Gasteiger partial charge in [0.1, 0.15) is 18.2 Å². The van der Waals surface area contributed by atoms with Gasteiger partial charge in [-0.05, 0) is 53.6 Å². The third-order valence-electron chi connectivity index (χ3n) is 4.12. The summed E-state index contributed by atoms with van der Waals surface area (Å²) >= 11 is 0. The maximum Gasteiger partial charge on any atom is 0.363 e. The minimum atomic E-state index is -0.489. The van der Waals surface area contributed by atoms with Crippen LogP contribution in [0.5, 0.6) is 5.75 Å². The number of cyclic esters (lactones) is 1. The molecule has 28 heavy (non-hydrogen) atoms. The smallest absolute Gasteiger partial charge is 0.363 e. The van der Waals surface area contributed by atoms with E-state index < -0.39 is 5.97 Å². The average molecular weight is 373 g/mol. The van der Waals surface area contributed by atoms with Crippen molar-refractivity contribution in [2.45, 2.75) is 6.61 Å². The molecule has 1 aliphatic rings. The van der Waals surface area contributed by atoms with E-state index >= 15 is 0 Å². The van der Waals surface area contributed by atoms with E-state index in [1.807, 2.05) is 48.5 Å². The molecule has 0 unspecified atom stereocenters. The molecule has 4 rings (SSSR count). The summed E-state index contributed by atoms with van der Waals surface area (Å²) in [7, 11) is 0. The zero-order chi connectivity index (χ0) is 19.3. The highest BCUT2D eigenvalue weighted by molar-refractivity contribution is 6.12. The molecule has 4 nitrogen and oxygen atoms in total. The molecule has 0 saturated heterocycles. The third kappa shape index (κ3) is 4.15. The lowest BCUT2D eigenvalue weighted by atomic mass is 10.2. The molecule has 0 saturated carbocycles. The van der Waals surface area contributed by atoms with E-state index in [-0.39, 0.29) is 11.5 Å². The van der Waals surface area contributed by atoms with Crippen molar-refractivity contribution < 1.29 is 18.7 Å². The standard InChI is InChI=1S/C23H16FNO3/c24-19-11-9-16(10-12-19)15-27-20-8-4-5-17(13-20)14-21-23(26)28-22(25-21)18-6-2-1-3-7-18/h1-14H,15H2/b21-14+. The Kier molecular flexibility index (Phi) is 4.97. The van der Waals surface area contributed by atoms with Crippen molar-refractivity contribution in [2.24, 2.45) is 4.99 Å². The second-order valence-electron chi connectivity index (χ2n) is 6.19. The van der Waals surface area contributed by atoms with E-state index in [2.05, 4.69) is 4.99 Å². The molecule has 0 N–H and O–H groups in total. The summed E-state index contributed by atoms with van der Waals surface area (Å²) in [5.41, 5.74) is 2.61. The van der Waals surface area contributed by atoms with Crippen molar-refractivity contribution in [1.82, 2.24) is 0 Å². The minimum absolute atomic E-state index is 0.231. The Morgan fingerprint density at radius 1 is 0.964 bits per heavy atom. The number of esters is 1. The Balaban J connectivity index is 1.50. The van der Waals surface area contributed by atoms with Gasteiger partial charge in [0.15, 0.2) is 5.70 Å². The first-order valence-electron chi connectivity index (χ1n) is 8.73. The van der Waals surface area contributed by atoms with E-state index in [4.69, 9.17) is 9.47 Å². The van der Waals surface area contributed by atoms with Crippen LogP contribution >= 0.6 is 0 Å². The molecule has 0 amide bonds. The Labute approximate surface area is 161 Å². The molecule has 3 aromatic carbocycles. The molecule has 0 fully saturated rings. The molecule has 3 aromatic rings. The lowest BCUT2D eigenvalue weighted by Gasteiger charge is -2.07. The summed E-state index contributed by atoms with van der Waals surface area (Å²) in [6.45, 7) is 0.318. The monoisotopic (exact) mass is 373 g/mol. The molecule has 0 aromatic heterocycles. The van der Waals surface area contributed by atoms with Gasteiger partial charge < -0.3 is 9.47 Å². The van der Waals surface area contributed by atoms with Crippen molar-refractivity contribution >= 4 is 17.9 Å². The van der Waals surface area contributed by atoms with E-state index in [0.29, 0.717) is 18.3 Å². The van der Waals surface area contributed by atoms with Crippen LogP contribution < -0.4 is 4.74 Å². The summed E-state index contributed by atoms with van der Waals surface area (Å²) in [4.78, 5) is 16.4. The predicted octanol–water partition coefficient (Wildman–Crippen LogP) is 4.75. The van der Waals surface area contributed by atoms with Crippen LogP contribution in [0.2, 0.25) is 0 Å². The molecule has 0 radical (unpaired) electrons. The Morgan fingerprint density at radius 2 is 1.75 bits per heavy atom. The lowest BCUT2D eigenvalue weighted by molar-refractivity contribution is -0.129. The van der Waals surface area contributed by atoms with Gasteiger partial charge in [-0.15, -0.1) is 0 Å². The van der Waals surface area contributed by atoms with Crippen LogP contribution in [-0.2, 0) is 16.1 Å². The summed E-state index contributed by atoms with van der Waals surface area (Å²) < 4.78 is 24.0. The van der Waals surface area contributed by atoms with Crippen LogP contribution in [0.3, 0.4) is 0 Å². The summed E-state index contributed by atoms with van der Waals surface area (Å²) in [6.07, 6.45) is 1.66. The maximum atomic E-state index is 13.0. The third-order valence-corrected chi connectivity index (χ3v) is 4.12. The fourth-order valence-electron chi connectivity index (χ4n) is 2.71. The zero-order valence-corrected chi connectivity index (χ0v) is 14.8. The SMILES string of the molecule is O=C1OC(c2ccccc2)=N/C1=C/c1cccc(OCc2ccc(F)cc2)c1. The average Bonchev–Trinajstić information content (AvgIpc) is 3.09. The van der Waals surface area contributed by atoms with Crippen LogP contribution in [-0.4, -0.2) is 11.9 Å². The van der Waals surface area contributed by atoms with Gasteiger partial charge in [-0.3, -0.25) is 0 Å². The van der Waals surface area contributed by atoms with Gasteiger partial charge in [0, 0.05) is 5.56 Å². The maximum absolute atomic E-state index is 13.0. The van der Waals surface area contributed by atoms with E-state index in [1.54, 1.807) is 24.3 Å². The van der Waals surface area contributed by atoms with Crippen molar-refractivity contribution in [1.29, 1.82) is 0 Å². The van der Waals surface area contributed by atoms with Gasteiger partial charge in [-0.2, -0.15) is 0 Å². The van der Waals surface area contributed by atoms with Crippen molar-refractivity contribution in [3.63, 3.8) is 0 Å². The van der Waals surface area contributed by atoms with Crippen LogP contribution in [0, 0.1) is 5.82 Å². The summed E-state index contributed by atoms with van der Waals surface area (Å²) in [5.74, 6) is 0.158. The molecule has 1 heterocycles. The predicted molar refractivity (Wildman–Crippen MR) is 104 cm³/mol. The number of aliphatic imine (C=N–C) groups is 1. The molecule has 5 heteroatoms. The van der Waals surface area contributed by atoms with Crippen LogP contribution in [0.4, 0.5) is 4.39 Å². The number of carbonyl (C=O) groups is 1. The lowest BCUT2D eigenvalue weighted by Crippen LogP contribution is -2.04. The molecule has 0 spiro atoms. The number of carbonyl (C=O) groups excluding carboxylic acids is 1. The highest BCUT2D eigenvalue weighted by atomic mass is 19.1. The topological polar surface area (TPSA) is 47.9 Å². The number of ether oxygens (including phenoxy) is 2. The van der Waals surface area contributed by atoms with Gasteiger partial charge in [0.25, 0.3) is 0 Å². The molecule has 1 aliphatic heterocycles. The number of hydrogen-bond donors (Lipinski definition) is 0. The number of nitrogens with zero attached hydrogens (tertiary/aromatic N) is 1. The minimum Gasteiger partial charge on any atom is -0.489 e. The van der Waals surface area contributed by atoms with Crippen LogP contribution in [0.1, 0.15) is 16.7 Å². The van der Waals surface area contributed by atoms with Gasteiger partial charge in [0.05, 0.1) is 0 Å². The Morgan fingerprint density at radius 3 is 2.54 bits per heavy atom. The zero-order valence-electron chi connectivity index (χ0n) is 14.8. The highest BCUT2D eigenvalue weighted by Gasteiger charge is 2.23. The van der Waals surface area contributed by atoms with E-state index in [0.717, 1.165) is 16.7 Å². The first-order valence-corrected chi connectivity index (χ1v) is 8.73. The van der Waals surface area contributed by atoms with Gasteiger partial charge in [0.2, 0.25) is 5.90 Å². The quantitative estimate of drug-likeness (QED) is 0.479. The first-order chi connectivity index (χ1) is 13.7. The van der Waals surface area contributed by atoms with E-state index in [1.165, 1.54) is 12.1 Å². The second kappa shape index (κ2) is 7.88. The molecule has 0 bridgehead atoms.